The molecule has 6 atom stereocenters. The highest BCUT2D eigenvalue weighted by Crippen LogP contribution is 2.43. The fourth-order valence-electron chi connectivity index (χ4n) is 5.80. The van der Waals surface area contributed by atoms with Gasteiger partial charge in [0.25, 0.3) is 0 Å². The van der Waals surface area contributed by atoms with Crippen molar-refractivity contribution >= 4 is 37.5 Å². The summed E-state index contributed by atoms with van der Waals surface area (Å²) in [6.45, 7) is 4.05. The van der Waals surface area contributed by atoms with E-state index in [9.17, 15) is 34.1 Å². The molecule has 0 amide bonds. The molecule has 0 saturated carbocycles. The molecule has 0 aliphatic rings. The van der Waals surface area contributed by atoms with Gasteiger partial charge in [0.2, 0.25) is 0 Å². The largest absolute Gasteiger partial charge is 0.481 e. The third-order valence-corrected chi connectivity index (χ3v) is 11.8. The lowest BCUT2D eigenvalue weighted by Crippen LogP contribution is -2.38. The maximum absolute atomic E-state index is 13.0. The van der Waals surface area contributed by atoms with Crippen molar-refractivity contribution in [3.63, 3.8) is 0 Å². The number of thioether (sulfide) groups is 1. The van der Waals surface area contributed by atoms with Crippen molar-refractivity contribution in [2.75, 3.05) is 32.2 Å². The predicted octanol–water partition coefficient (Wildman–Crippen LogP) is 8.51. The quantitative estimate of drug-likeness (QED) is 0.0111. The number of carboxylic acid groups (broad SMARTS) is 1. The Morgan fingerprint density at radius 3 is 2.03 bits per heavy atom. The van der Waals surface area contributed by atoms with Crippen LogP contribution in [0, 0.1) is 5.92 Å². The summed E-state index contributed by atoms with van der Waals surface area (Å²) in [6.07, 6.45) is 29.9. The Morgan fingerprint density at radius 2 is 1.39 bits per heavy atom. The van der Waals surface area contributed by atoms with Gasteiger partial charge in [-0.3, -0.25) is 23.4 Å². The lowest BCUT2D eigenvalue weighted by Gasteiger charge is -2.22. The molecule has 14 nitrogen and oxygen atoms in total. The number of aliphatic hydroxyl groups is 3. The van der Waals surface area contributed by atoms with Gasteiger partial charge in [0.05, 0.1) is 25.9 Å². The predicted molar refractivity (Wildman–Crippen MR) is 243 cm³/mol. The summed E-state index contributed by atoms with van der Waals surface area (Å²) in [5, 5.41) is 37.8. The summed E-state index contributed by atoms with van der Waals surface area (Å²) in [5.74, 6) is -1.66. The van der Waals surface area contributed by atoms with Crippen molar-refractivity contribution in [3.8, 4) is 0 Å². The van der Waals surface area contributed by atoms with Crippen molar-refractivity contribution < 1.29 is 62.8 Å². The van der Waals surface area contributed by atoms with Crippen LogP contribution in [0.15, 0.2) is 48.6 Å². The summed E-state index contributed by atoms with van der Waals surface area (Å²) in [6, 6.07) is -1.17. The zero-order valence-corrected chi connectivity index (χ0v) is 38.9. The van der Waals surface area contributed by atoms with Crippen LogP contribution in [0.25, 0.3) is 0 Å². The topological polar surface area (TPSA) is 232 Å². The van der Waals surface area contributed by atoms with Crippen molar-refractivity contribution in [2.45, 2.75) is 179 Å². The molecule has 0 bridgehead atoms. The second kappa shape index (κ2) is 39.3. The maximum atomic E-state index is 13.0. The van der Waals surface area contributed by atoms with Crippen molar-refractivity contribution in [1.82, 2.24) is 0 Å². The first-order valence-electron chi connectivity index (χ1n) is 22.4. The first-order valence-corrected chi connectivity index (χ1v) is 24.9. The van der Waals surface area contributed by atoms with Crippen LogP contribution in [0.2, 0.25) is 0 Å². The molecular formula is C45H80NO13PS. The normalized spacial score (nSPS) is 15.8. The molecule has 16 heteroatoms. The first-order chi connectivity index (χ1) is 29.2. The van der Waals surface area contributed by atoms with Gasteiger partial charge in [-0.05, 0) is 44.4 Å². The van der Waals surface area contributed by atoms with Crippen LogP contribution in [-0.4, -0.2) is 105 Å². The highest BCUT2D eigenvalue weighted by molar-refractivity contribution is 8.00. The second-order valence-corrected chi connectivity index (χ2v) is 18.4. The minimum atomic E-state index is -4.75. The van der Waals surface area contributed by atoms with Crippen molar-refractivity contribution in [3.05, 3.63) is 48.6 Å². The molecular weight excluding hydrogens is 826 g/mol. The van der Waals surface area contributed by atoms with E-state index in [1.54, 1.807) is 18.2 Å². The van der Waals surface area contributed by atoms with Crippen LogP contribution in [0.1, 0.15) is 149 Å². The smallest absolute Gasteiger partial charge is 0.472 e. The van der Waals surface area contributed by atoms with Crippen LogP contribution in [-0.2, 0) is 37.5 Å². The van der Waals surface area contributed by atoms with Crippen molar-refractivity contribution in [2.24, 2.45) is 11.7 Å². The number of phosphoric acid groups is 1. The number of carbonyl (C=O) groups excluding carboxylic acids is 2. The molecule has 0 rings (SSSR count). The molecule has 0 aromatic heterocycles. The summed E-state index contributed by atoms with van der Waals surface area (Å²) >= 11 is 1.19. The number of rotatable bonds is 41. The molecule has 0 radical (unpaired) electrons. The molecule has 1 unspecified atom stereocenters. The van der Waals surface area contributed by atoms with Gasteiger partial charge < -0.3 is 40.5 Å². The van der Waals surface area contributed by atoms with Crippen LogP contribution >= 0.6 is 19.6 Å². The summed E-state index contributed by atoms with van der Waals surface area (Å²) in [7, 11) is -4.75. The van der Waals surface area contributed by atoms with E-state index in [1.165, 1.54) is 69.5 Å². The SMILES string of the molecule is CCCCC/C=C\C\C=C/C=C/C=C/[C@@H](SC[C@H](N)C(=O)OC[C@H](COP(=O)(O)OC[C@@H](O)CO)OC(=O)CCCCCCCCCCCCC(C)C)[C@@H](O)CCCC(=O)O. The molecule has 354 valence electrons. The number of hydrogen-bond acceptors (Lipinski definition) is 13. The monoisotopic (exact) mass is 906 g/mol. The zero-order chi connectivity index (χ0) is 45.6. The van der Waals surface area contributed by atoms with E-state index in [0.717, 1.165) is 44.4 Å². The van der Waals surface area contributed by atoms with Gasteiger partial charge in [0.1, 0.15) is 18.8 Å². The zero-order valence-electron chi connectivity index (χ0n) is 37.2. The number of allylic oxidation sites excluding steroid dienone is 7. The maximum Gasteiger partial charge on any atom is 0.472 e. The highest BCUT2D eigenvalue weighted by Gasteiger charge is 2.28. The standard InChI is InChI=1S/C45H80NO13PS/c1-4-5-6-7-8-9-10-11-15-18-21-24-29-42(41(49)28-26-30-43(50)51)61-36-40(46)45(53)56-34-39(35-58-60(54,55)57-33-38(48)32-47)59-44(52)31-25-22-19-16-13-12-14-17-20-23-27-37(2)3/h8-9,11,15,18,21,24,29,37-42,47-49H,4-7,10,12-14,16-17,19-20,22-23,25-28,30-36,46H2,1-3H3,(H,50,51)(H,54,55)/b9-8-,15-11-,21-18+,29-24+/t38-,39+,40-,41-,42+/m0/s1. The molecule has 0 aliphatic heterocycles. The fraction of sp³-hybridized carbons (Fsp3) is 0.756. The number of aliphatic hydroxyl groups excluding tert-OH is 3. The number of nitrogens with two attached hydrogens (primary N) is 1. The van der Waals surface area contributed by atoms with Gasteiger partial charge in [-0.15, -0.1) is 11.8 Å². The highest BCUT2D eigenvalue weighted by atomic mass is 32.2. The molecule has 0 spiro atoms. The van der Waals surface area contributed by atoms with E-state index >= 15 is 0 Å². The average molecular weight is 906 g/mol. The molecule has 0 aromatic rings. The minimum absolute atomic E-state index is 0.0180. The van der Waals surface area contributed by atoms with Crippen LogP contribution in [0.5, 0.6) is 0 Å². The number of esters is 2. The minimum Gasteiger partial charge on any atom is -0.481 e. The fourth-order valence-corrected chi connectivity index (χ4v) is 7.71. The van der Waals surface area contributed by atoms with Gasteiger partial charge in [-0.1, -0.05) is 146 Å². The van der Waals surface area contributed by atoms with Crippen LogP contribution < -0.4 is 5.73 Å². The van der Waals surface area contributed by atoms with E-state index in [0.29, 0.717) is 6.42 Å². The van der Waals surface area contributed by atoms with Gasteiger partial charge in [-0.2, -0.15) is 0 Å². The third-order valence-electron chi connectivity index (χ3n) is 9.41. The molecule has 0 fully saturated rings. The van der Waals surface area contributed by atoms with E-state index < -0.39 is 81.8 Å². The van der Waals surface area contributed by atoms with E-state index in [2.05, 4.69) is 37.4 Å². The Kier molecular flexibility index (Phi) is 37.8. The Labute approximate surface area is 370 Å². The van der Waals surface area contributed by atoms with Gasteiger partial charge in [0, 0.05) is 23.8 Å². The first kappa shape index (κ1) is 58.7. The van der Waals surface area contributed by atoms with Crippen LogP contribution in [0.3, 0.4) is 0 Å². The van der Waals surface area contributed by atoms with Gasteiger partial charge in [0.15, 0.2) is 6.10 Å². The van der Waals surface area contributed by atoms with Crippen molar-refractivity contribution in [1.29, 1.82) is 0 Å². The second-order valence-electron chi connectivity index (χ2n) is 15.8. The molecule has 7 N–H and O–H groups in total. The van der Waals surface area contributed by atoms with E-state index in [4.69, 9.17) is 29.9 Å². The summed E-state index contributed by atoms with van der Waals surface area (Å²) < 4.78 is 32.8. The number of carboxylic acids is 1. The van der Waals surface area contributed by atoms with Crippen LogP contribution in [0.4, 0.5) is 0 Å². The third kappa shape index (κ3) is 37.9. The summed E-state index contributed by atoms with van der Waals surface area (Å²) in [4.78, 5) is 46.8. The Hall–Kier alpha value is -2.33. The number of carbonyl (C=O) groups is 3. The number of ether oxygens (including phenoxy) is 2. The lowest BCUT2D eigenvalue weighted by molar-refractivity contribution is -0.161. The number of unbranched alkanes of at least 4 members (excludes halogenated alkanes) is 12. The Morgan fingerprint density at radius 1 is 0.754 bits per heavy atom. The number of hydrogen-bond donors (Lipinski definition) is 6. The Bertz CT molecular complexity index is 1290. The van der Waals surface area contributed by atoms with Gasteiger partial charge >= 0.3 is 25.7 Å². The van der Waals surface area contributed by atoms with Gasteiger partial charge in [-0.25, -0.2) is 4.57 Å². The molecule has 0 saturated heterocycles. The number of phosphoric ester groups is 1. The number of aliphatic carboxylic acids is 1. The summed E-state index contributed by atoms with van der Waals surface area (Å²) in [5.41, 5.74) is 6.15. The lowest BCUT2D eigenvalue weighted by atomic mass is 10.0. The molecule has 0 heterocycles. The molecule has 61 heavy (non-hydrogen) atoms. The average Bonchev–Trinajstić information content (AvgIpc) is 3.22. The van der Waals surface area contributed by atoms with E-state index in [-0.39, 0.29) is 31.4 Å². The molecule has 0 aliphatic carbocycles. The Balaban J connectivity index is 5.22. The van der Waals surface area contributed by atoms with E-state index in [1.807, 2.05) is 18.2 Å². The molecule has 0 aromatic carbocycles.